The smallest absolute Gasteiger partial charge is 0.277 e. The van der Waals surface area contributed by atoms with Crippen molar-refractivity contribution >= 4 is 29.1 Å². The maximum atomic E-state index is 12.1. The highest BCUT2D eigenvalue weighted by molar-refractivity contribution is 7.99. The number of ketones is 1. The van der Waals surface area contributed by atoms with Crippen LogP contribution in [-0.2, 0) is 0 Å². The Balaban J connectivity index is 1.65. The Morgan fingerprint density at radius 3 is 2.75 bits per heavy atom. The molecule has 0 atom stereocenters. The Labute approximate surface area is 148 Å². The summed E-state index contributed by atoms with van der Waals surface area (Å²) in [7, 11) is 1.59. The maximum Gasteiger partial charge on any atom is 0.277 e. The minimum Gasteiger partial charge on any atom is -0.497 e. The summed E-state index contributed by atoms with van der Waals surface area (Å²) in [5.41, 5.74) is 1.36. The molecule has 0 saturated carbocycles. The van der Waals surface area contributed by atoms with E-state index in [2.05, 4.69) is 10.2 Å². The van der Waals surface area contributed by atoms with Crippen LogP contribution in [0.5, 0.6) is 5.75 Å². The average molecular weight is 361 g/mol. The first-order valence-corrected chi connectivity index (χ1v) is 8.41. The second-order valence-corrected chi connectivity index (χ2v) is 6.19. The van der Waals surface area contributed by atoms with Gasteiger partial charge in [0.15, 0.2) is 5.78 Å². The molecule has 0 amide bonds. The lowest BCUT2D eigenvalue weighted by atomic mass is 10.1. The molecule has 0 unspecified atom stereocenters. The van der Waals surface area contributed by atoms with Gasteiger partial charge in [0, 0.05) is 16.1 Å². The number of hydrogen-bond donors (Lipinski definition) is 0. The first-order chi connectivity index (χ1) is 11.7. The lowest BCUT2D eigenvalue weighted by Gasteiger charge is -2.00. The number of benzene rings is 2. The van der Waals surface area contributed by atoms with Crippen molar-refractivity contribution in [3.05, 3.63) is 59.1 Å². The Hall–Kier alpha value is -2.31. The third-order valence-electron chi connectivity index (χ3n) is 3.22. The zero-order chi connectivity index (χ0) is 16.9. The molecule has 0 spiro atoms. The molecule has 3 rings (SSSR count). The molecule has 1 heterocycles. The van der Waals surface area contributed by atoms with E-state index in [1.54, 1.807) is 37.4 Å². The van der Waals surface area contributed by atoms with Gasteiger partial charge in [-0.3, -0.25) is 4.79 Å². The molecule has 1 aromatic heterocycles. The molecule has 0 saturated heterocycles. The van der Waals surface area contributed by atoms with E-state index < -0.39 is 0 Å². The van der Waals surface area contributed by atoms with Crippen molar-refractivity contribution in [3.63, 3.8) is 0 Å². The van der Waals surface area contributed by atoms with Crippen molar-refractivity contribution in [2.75, 3.05) is 12.9 Å². The second kappa shape index (κ2) is 7.51. The van der Waals surface area contributed by atoms with Crippen LogP contribution in [-0.4, -0.2) is 28.8 Å². The number of thioether (sulfide) groups is 1. The first kappa shape index (κ1) is 16.5. The highest BCUT2D eigenvalue weighted by Crippen LogP contribution is 2.26. The molecule has 0 aliphatic carbocycles. The summed E-state index contributed by atoms with van der Waals surface area (Å²) in [5.74, 6) is 1.27. The molecule has 0 fully saturated rings. The Morgan fingerprint density at radius 1 is 1.21 bits per heavy atom. The third kappa shape index (κ3) is 3.96. The summed E-state index contributed by atoms with van der Waals surface area (Å²) in [6, 6.07) is 14.1. The molecule has 0 aliphatic heterocycles. The van der Waals surface area contributed by atoms with Crippen LogP contribution in [0.15, 0.2) is 58.2 Å². The quantitative estimate of drug-likeness (QED) is 0.480. The molecule has 0 N–H and O–H groups in total. The Bertz CT molecular complexity index is 849. The number of aromatic nitrogens is 2. The number of Topliss-reactive ketones (excluding diaryl/α,β-unsaturated/α-hetero) is 1. The molecule has 2 aromatic carbocycles. The van der Waals surface area contributed by atoms with E-state index in [0.29, 0.717) is 27.4 Å². The van der Waals surface area contributed by atoms with Crippen molar-refractivity contribution in [1.29, 1.82) is 0 Å². The maximum absolute atomic E-state index is 12.1. The van der Waals surface area contributed by atoms with E-state index in [1.807, 2.05) is 18.2 Å². The minimum absolute atomic E-state index is 0.0298. The van der Waals surface area contributed by atoms with Gasteiger partial charge in [-0.1, -0.05) is 29.4 Å². The summed E-state index contributed by atoms with van der Waals surface area (Å²) in [6.45, 7) is 0. The number of halogens is 1. The summed E-state index contributed by atoms with van der Waals surface area (Å²) >= 11 is 7.01. The van der Waals surface area contributed by atoms with Crippen LogP contribution in [0.4, 0.5) is 0 Å². The number of carbonyl (C=O) groups is 1. The van der Waals surface area contributed by atoms with E-state index >= 15 is 0 Å². The lowest BCUT2D eigenvalue weighted by molar-refractivity contribution is 0.102. The van der Waals surface area contributed by atoms with Crippen molar-refractivity contribution in [2.45, 2.75) is 5.22 Å². The first-order valence-electron chi connectivity index (χ1n) is 7.05. The molecular formula is C17H13ClN2O3S. The lowest BCUT2D eigenvalue weighted by Crippen LogP contribution is -2.01. The van der Waals surface area contributed by atoms with Gasteiger partial charge in [-0.05, 0) is 42.5 Å². The highest BCUT2D eigenvalue weighted by Gasteiger charge is 2.13. The van der Waals surface area contributed by atoms with Gasteiger partial charge in [0.05, 0.1) is 12.9 Å². The van der Waals surface area contributed by atoms with Crippen LogP contribution in [0.3, 0.4) is 0 Å². The predicted octanol–water partition coefficient (Wildman–Crippen LogP) is 4.37. The molecule has 5 nitrogen and oxygen atoms in total. The number of methoxy groups -OCH3 is 1. The standard InChI is InChI=1S/C17H13ClN2O3S/c1-22-14-4-2-3-12(9-14)16-19-20-17(23-16)24-10-15(21)11-5-7-13(18)8-6-11/h2-9H,10H2,1H3. The zero-order valence-corrected chi connectivity index (χ0v) is 14.3. The number of hydrogen-bond acceptors (Lipinski definition) is 6. The van der Waals surface area contributed by atoms with E-state index in [-0.39, 0.29) is 11.5 Å². The van der Waals surface area contributed by atoms with Gasteiger partial charge < -0.3 is 9.15 Å². The van der Waals surface area contributed by atoms with Crippen molar-refractivity contribution < 1.29 is 13.9 Å². The predicted molar refractivity (Wildman–Crippen MR) is 92.8 cm³/mol. The second-order valence-electron chi connectivity index (χ2n) is 4.82. The molecule has 0 bridgehead atoms. The normalized spacial score (nSPS) is 10.6. The summed E-state index contributed by atoms with van der Waals surface area (Å²) in [6.07, 6.45) is 0. The van der Waals surface area contributed by atoms with Gasteiger partial charge in [0.25, 0.3) is 5.22 Å². The SMILES string of the molecule is COc1cccc(-c2nnc(SCC(=O)c3ccc(Cl)cc3)o2)c1. The van der Waals surface area contributed by atoms with E-state index in [9.17, 15) is 4.79 Å². The van der Waals surface area contributed by atoms with Gasteiger partial charge in [0.1, 0.15) is 5.75 Å². The fourth-order valence-electron chi connectivity index (χ4n) is 1.99. The third-order valence-corrected chi connectivity index (χ3v) is 4.29. The highest BCUT2D eigenvalue weighted by atomic mass is 35.5. The number of nitrogens with zero attached hydrogens (tertiary/aromatic N) is 2. The summed E-state index contributed by atoms with van der Waals surface area (Å²) in [5, 5.41) is 8.90. The Kier molecular flexibility index (Phi) is 5.17. The fourth-order valence-corrected chi connectivity index (χ4v) is 2.77. The molecular weight excluding hydrogens is 348 g/mol. The van der Waals surface area contributed by atoms with Crippen LogP contribution < -0.4 is 4.74 Å². The van der Waals surface area contributed by atoms with Crippen LogP contribution in [0.2, 0.25) is 5.02 Å². The fraction of sp³-hybridized carbons (Fsp3) is 0.118. The minimum atomic E-state index is -0.0298. The van der Waals surface area contributed by atoms with Crippen molar-refractivity contribution in [3.8, 4) is 17.2 Å². The van der Waals surface area contributed by atoms with Gasteiger partial charge in [-0.25, -0.2) is 0 Å². The van der Waals surface area contributed by atoms with E-state index in [0.717, 1.165) is 5.56 Å². The van der Waals surface area contributed by atoms with E-state index in [4.69, 9.17) is 20.8 Å². The van der Waals surface area contributed by atoms with Crippen LogP contribution >= 0.6 is 23.4 Å². The topological polar surface area (TPSA) is 65.2 Å². The molecule has 122 valence electrons. The number of ether oxygens (including phenoxy) is 1. The number of rotatable bonds is 6. The monoisotopic (exact) mass is 360 g/mol. The van der Waals surface area contributed by atoms with Gasteiger partial charge >= 0.3 is 0 Å². The van der Waals surface area contributed by atoms with Crippen LogP contribution in [0, 0.1) is 0 Å². The number of carbonyl (C=O) groups excluding carboxylic acids is 1. The van der Waals surface area contributed by atoms with Gasteiger partial charge in [-0.2, -0.15) is 0 Å². The summed E-state index contributed by atoms with van der Waals surface area (Å²) in [4.78, 5) is 12.1. The van der Waals surface area contributed by atoms with Crippen molar-refractivity contribution in [2.24, 2.45) is 0 Å². The zero-order valence-electron chi connectivity index (χ0n) is 12.7. The largest absolute Gasteiger partial charge is 0.497 e. The Morgan fingerprint density at radius 2 is 2.00 bits per heavy atom. The molecule has 0 radical (unpaired) electrons. The van der Waals surface area contributed by atoms with E-state index in [1.165, 1.54) is 11.8 Å². The van der Waals surface area contributed by atoms with Crippen molar-refractivity contribution in [1.82, 2.24) is 10.2 Å². The average Bonchev–Trinajstić information content (AvgIpc) is 3.09. The molecule has 0 aliphatic rings. The van der Waals surface area contributed by atoms with Gasteiger partial charge in [0.2, 0.25) is 5.89 Å². The van der Waals surface area contributed by atoms with Gasteiger partial charge in [-0.15, -0.1) is 10.2 Å². The summed E-state index contributed by atoms with van der Waals surface area (Å²) < 4.78 is 10.8. The molecule has 3 aromatic rings. The van der Waals surface area contributed by atoms with Crippen LogP contribution in [0.25, 0.3) is 11.5 Å². The molecule has 24 heavy (non-hydrogen) atoms. The molecule has 7 heteroatoms. The van der Waals surface area contributed by atoms with Crippen LogP contribution in [0.1, 0.15) is 10.4 Å².